The van der Waals surface area contributed by atoms with E-state index >= 15 is 0 Å². The van der Waals surface area contributed by atoms with Crippen LogP contribution in [0.3, 0.4) is 0 Å². The Balaban J connectivity index is 1.57. The summed E-state index contributed by atoms with van der Waals surface area (Å²) in [6.45, 7) is 0.710. The first-order valence-corrected chi connectivity index (χ1v) is 9.60. The maximum Gasteiger partial charge on any atom is 0.160 e. The van der Waals surface area contributed by atoms with Crippen LogP contribution in [0.15, 0.2) is 55.0 Å². The molecule has 0 atom stereocenters. The summed E-state index contributed by atoms with van der Waals surface area (Å²) in [5.41, 5.74) is 3.95. The van der Waals surface area contributed by atoms with Crippen molar-refractivity contribution in [3.05, 3.63) is 65.6 Å². The zero-order valence-corrected chi connectivity index (χ0v) is 17.0. The van der Waals surface area contributed by atoms with Gasteiger partial charge in [0.2, 0.25) is 0 Å². The highest BCUT2D eigenvalue weighted by atomic mass is 35.5. The minimum Gasteiger partial charge on any atom is -0.493 e. The van der Waals surface area contributed by atoms with E-state index in [1.165, 1.54) is 0 Å². The van der Waals surface area contributed by atoms with Crippen LogP contribution in [0.1, 0.15) is 5.56 Å². The van der Waals surface area contributed by atoms with Crippen molar-refractivity contribution in [2.24, 2.45) is 0 Å². The number of halogens is 1. The van der Waals surface area contributed by atoms with E-state index < -0.39 is 0 Å². The summed E-state index contributed by atoms with van der Waals surface area (Å²) in [7, 11) is 3.27. The first kappa shape index (κ1) is 19.1. The van der Waals surface area contributed by atoms with Crippen LogP contribution in [0.4, 0.5) is 5.82 Å². The van der Waals surface area contributed by atoms with Crippen molar-refractivity contribution in [1.82, 2.24) is 15.0 Å². The van der Waals surface area contributed by atoms with Gasteiger partial charge in [-0.3, -0.25) is 0 Å². The molecule has 0 unspecified atom stereocenters. The van der Waals surface area contributed by atoms with E-state index in [1.807, 2.05) is 48.7 Å². The van der Waals surface area contributed by atoms with E-state index in [2.05, 4.69) is 20.3 Å². The summed E-state index contributed by atoms with van der Waals surface area (Å²) in [6, 6.07) is 13.7. The molecule has 0 saturated heterocycles. The molecule has 0 fully saturated rings. The zero-order chi connectivity index (χ0) is 20.2. The second kappa shape index (κ2) is 8.41. The van der Waals surface area contributed by atoms with Gasteiger partial charge in [-0.15, -0.1) is 0 Å². The SMILES string of the molecule is COc1ccc(CCNc2ncnc3[nH]cc(-c4cccc(Cl)c4)c23)cc1OC. The summed E-state index contributed by atoms with van der Waals surface area (Å²) in [5.74, 6) is 2.23. The van der Waals surface area contributed by atoms with E-state index in [-0.39, 0.29) is 0 Å². The molecule has 2 heterocycles. The topological polar surface area (TPSA) is 72.1 Å². The molecule has 0 aliphatic heterocycles. The highest BCUT2D eigenvalue weighted by Gasteiger charge is 2.13. The average Bonchev–Trinajstić information content (AvgIpc) is 3.19. The van der Waals surface area contributed by atoms with Gasteiger partial charge < -0.3 is 19.8 Å². The Morgan fingerprint density at radius 1 is 1.03 bits per heavy atom. The Morgan fingerprint density at radius 3 is 2.69 bits per heavy atom. The molecule has 4 rings (SSSR count). The van der Waals surface area contributed by atoms with Crippen LogP contribution in [-0.2, 0) is 6.42 Å². The van der Waals surface area contributed by atoms with E-state index in [0.717, 1.165) is 51.5 Å². The van der Waals surface area contributed by atoms with E-state index in [1.54, 1.807) is 20.5 Å². The van der Waals surface area contributed by atoms with E-state index in [9.17, 15) is 0 Å². The molecule has 0 radical (unpaired) electrons. The fraction of sp³-hybridized carbons (Fsp3) is 0.182. The number of ether oxygens (including phenoxy) is 2. The van der Waals surface area contributed by atoms with Crippen LogP contribution in [0.5, 0.6) is 11.5 Å². The summed E-state index contributed by atoms with van der Waals surface area (Å²) < 4.78 is 10.7. The smallest absolute Gasteiger partial charge is 0.160 e. The molecule has 7 heteroatoms. The first-order valence-electron chi connectivity index (χ1n) is 9.22. The fourth-order valence-electron chi connectivity index (χ4n) is 3.34. The van der Waals surface area contributed by atoms with E-state index in [4.69, 9.17) is 21.1 Å². The number of hydrogen-bond acceptors (Lipinski definition) is 5. The molecule has 2 aromatic carbocycles. The Hall–Kier alpha value is -3.25. The second-order valence-electron chi connectivity index (χ2n) is 6.52. The van der Waals surface area contributed by atoms with Crippen molar-refractivity contribution in [2.45, 2.75) is 6.42 Å². The molecular formula is C22H21ClN4O2. The lowest BCUT2D eigenvalue weighted by molar-refractivity contribution is 0.354. The van der Waals surface area contributed by atoms with Crippen molar-refractivity contribution in [3.8, 4) is 22.6 Å². The Bertz CT molecular complexity index is 1140. The number of nitrogens with one attached hydrogen (secondary N) is 2. The molecule has 6 nitrogen and oxygen atoms in total. The molecular weight excluding hydrogens is 388 g/mol. The van der Waals surface area contributed by atoms with Gasteiger partial charge in [0.05, 0.1) is 19.6 Å². The van der Waals surface area contributed by atoms with E-state index in [0.29, 0.717) is 11.6 Å². The summed E-state index contributed by atoms with van der Waals surface area (Å²) >= 11 is 6.17. The van der Waals surface area contributed by atoms with Crippen molar-refractivity contribution >= 4 is 28.5 Å². The van der Waals surface area contributed by atoms with Crippen LogP contribution < -0.4 is 14.8 Å². The van der Waals surface area contributed by atoms with Crippen molar-refractivity contribution < 1.29 is 9.47 Å². The number of methoxy groups -OCH3 is 2. The average molecular weight is 409 g/mol. The molecule has 0 bridgehead atoms. The number of benzene rings is 2. The van der Waals surface area contributed by atoms with Crippen molar-refractivity contribution in [3.63, 3.8) is 0 Å². The third-order valence-corrected chi connectivity index (χ3v) is 4.99. The molecule has 0 saturated carbocycles. The van der Waals surface area contributed by atoms with Crippen LogP contribution in [0.25, 0.3) is 22.2 Å². The molecule has 0 aliphatic carbocycles. The maximum atomic E-state index is 6.17. The van der Waals surface area contributed by atoms with Crippen molar-refractivity contribution in [1.29, 1.82) is 0 Å². The molecule has 2 aromatic heterocycles. The monoisotopic (exact) mass is 408 g/mol. The summed E-state index contributed by atoms with van der Waals surface area (Å²) in [5, 5.41) is 5.07. The predicted octanol–water partition coefficient (Wildman–Crippen LogP) is 4.95. The van der Waals surface area contributed by atoms with Crippen LogP contribution in [0.2, 0.25) is 5.02 Å². The van der Waals surface area contributed by atoms with Gasteiger partial charge >= 0.3 is 0 Å². The van der Waals surface area contributed by atoms with Crippen LogP contribution >= 0.6 is 11.6 Å². The standard InChI is InChI=1S/C22H21ClN4O2/c1-28-18-7-6-14(10-19(18)29-2)8-9-24-21-20-17(12-25-22(20)27-13-26-21)15-4-3-5-16(23)11-15/h3-7,10-13H,8-9H2,1-2H3,(H2,24,25,26,27). The number of rotatable bonds is 7. The van der Waals surface area contributed by atoms with Gasteiger partial charge in [-0.1, -0.05) is 29.8 Å². The lowest BCUT2D eigenvalue weighted by Crippen LogP contribution is -2.07. The van der Waals surface area contributed by atoms with Gasteiger partial charge in [0.1, 0.15) is 17.8 Å². The second-order valence-corrected chi connectivity index (χ2v) is 6.96. The predicted molar refractivity (Wildman–Crippen MR) is 116 cm³/mol. The number of H-pyrrole nitrogens is 1. The fourth-order valence-corrected chi connectivity index (χ4v) is 3.53. The molecule has 0 amide bonds. The minimum atomic E-state index is 0.691. The lowest BCUT2D eigenvalue weighted by atomic mass is 10.1. The molecule has 4 aromatic rings. The largest absolute Gasteiger partial charge is 0.493 e. The molecule has 29 heavy (non-hydrogen) atoms. The quantitative estimate of drug-likeness (QED) is 0.452. The maximum absolute atomic E-state index is 6.17. The third-order valence-electron chi connectivity index (χ3n) is 4.76. The molecule has 2 N–H and O–H groups in total. The number of fused-ring (bicyclic) bond motifs is 1. The Labute approximate surface area is 173 Å². The Morgan fingerprint density at radius 2 is 1.90 bits per heavy atom. The van der Waals surface area contributed by atoms with Gasteiger partial charge in [-0.2, -0.15) is 0 Å². The third kappa shape index (κ3) is 3.98. The molecule has 0 aliphatic rings. The van der Waals surface area contributed by atoms with Gasteiger partial charge in [0, 0.05) is 23.3 Å². The van der Waals surface area contributed by atoms with Gasteiger partial charge in [-0.05, 0) is 41.8 Å². The number of aromatic nitrogens is 3. The Kier molecular flexibility index (Phi) is 5.53. The first-order chi connectivity index (χ1) is 14.2. The number of hydrogen-bond donors (Lipinski definition) is 2. The minimum absolute atomic E-state index is 0.691. The highest BCUT2D eigenvalue weighted by Crippen LogP contribution is 2.33. The normalized spacial score (nSPS) is 10.9. The summed E-state index contributed by atoms with van der Waals surface area (Å²) in [6.07, 6.45) is 4.30. The number of aromatic amines is 1. The summed E-state index contributed by atoms with van der Waals surface area (Å²) in [4.78, 5) is 12.0. The highest BCUT2D eigenvalue weighted by molar-refractivity contribution is 6.31. The lowest BCUT2D eigenvalue weighted by Gasteiger charge is -2.11. The number of nitrogens with zero attached hydrogens (tertiary/aromatic N) is 2. The van der Waals surface area contributed by atoms with Gasteiger partial charge in [0.15, 0.2) is 11.5 Å². The van der Waals surface area contributed by atoms with Crippen LogP contribution in [0, 0.1) is 0 Å². The zero-order valence-electron chi connectivity index (χ0n) is 16.2. The van der Waals surface area contributed by atoms with Gasteiger partial charge in [-0.25, -0.2) is 9.97 Å². The number of anilines is 1. The van der Waals surface area contributed by atoms with Crippen molar-refractivity contribution in [2.75, 3.05) is 26.1 Å². The van der Waals surface area contributed by atoms with Gasteiger partial charge in [0.25, 0.3) is 0 Å². The van der Waals surface area contributed by atoms with Crippen LogP contribution in [-0.4, -0.2) is 35.7 Å². The molecule has 0 spiro atoms. The molecule has 148 valence electrons.